The topological polar surface area (TPSA) is 51.0 Å². The predicted octanol–water partition coefficient (Wildman–Crippen LogP) is 0.494. The lowest BCUT2D eigenvalue weighted by atomic mass is 10.2. The van der Waals surface area contributed by atoms with E-state index in [4.69, 9.17) is 4.52 Å². The second-order valence-corrected chi connectivity index (χ2v) is 2.43. The van der Waals surface area contributed by atoms with Crippen LogP contribution in [-0.2, 0) is 0 Å². The van der Waals surface area contributed by atoms with Crippen molar-refractivity contribution < 1.29 is 4.52 Å². The molecular weight excluding hydrogens is 130 g/mol. The van der Waals surface area contributed by atoms with E-state index in [9.17, 15) is 0 Å². The summed E-state index contributed by atoms with van der Waals surface area (Å²) in [5.41, 5.74) is 0. The maximum atomic E-state index is 4.89. The largest absolute Gasteiger partial charge is 0.338 e. The molecule has 0 amide bonds. The van der Waals surface area contributed by atoms with Crippen LogP contribution in [0, 0.1) is 0 Å². The minimum atomic E-state index is 0.308. The lowest BCUT2D eigenvalue weighted by Gasteiger charge is -2.00. The van der Waals surface area contributed by atoms with Crippen molar-refractivity contribution in [3.05, 3.63) is 12.2 Å². The van der Waals surface area contributed by atoms with E-state index in [1.165, 1.54) is 12.7 Å². The Labute approximate surface area is 58.6 Å². The van der Waals surface area contributed by atoms with E-state index in [2.05, 4.69) is 15.5 Å². The van der Waals surface area contributed by atoms with Crippen LogP contribution in [-0.4, -0.2) is 16.7 Å². The lowest BCUT2D eigenvalue weighted by molar-refractivity contribution is 0.344. The average Bonchev–Trinajstić information content (AvgIpc) is 2.59. The summed E-state index contributed by atoms with van der Waals surface area (Å²) in [6.45, 7) is 1.06. The molecule has 2 rings (SSSR count). The molecule has 0 spiro atoms. The molecule has 0 aliphatic carbocycles. The summed E-state index contributed by atoms with van der Waals surface area (Å²) in [4.78, 5) is 3.96. The van der Waals surface area contributed by atoms with Gasteiger partial charge in [-0.15, -0.1) is 0 Å². The Morgan fingerprint density at radius 2 is 2.70 bits per heavy atom. The van der Waals surface area contributed by atoms with Crippen molar-refractivity contribution in [3.63, 3.8) is 0 Å². The van der Waals surface area contributed by atoms with Gasteiger partial charge < -0.3 is 9.84 Å². The summed E-state index contributed by atoms with van der Waals surface area (Å²) in [7, 11) is 0. The van der Waals surface area contributed by atoms with Gasteiger partial charge in [-0.3, -0.25) is 0 Å². The Balaban J connectivity index is 2.12. The quantitative estimate of drug-likeness (QED) is 0.615. The van der Waals surface area contributed by atoms with Crippen molar-refractivity contribution in [2.75, 3.05) is 6.54 Å². The molecule has 0 radical (unpaired) electrons. The molecule has 0 aromatic carbocycles. The second kappa shape index (κ2) is 2.38. The van der Waals surface area contributed by atoms with Gasteiger partial charge in [0, 0.05) is 0 Å². The molecule has 1 saturated heterocycles. The molecule has 2 heterocycles. The van der Waals surface area contributed by atoms with Crippen LogP contribution in [0.15, 0.2) is 10.9 Å². The van der Waals surface area contributed by atoms with Gasteiger partial charge in [-0.25, -0.2) is 0 Å². The standard InChI is InChI=1S/C6H9N3O/c1-2-5(7-3-1)6-8-4-9-10-6/h4-5,7H,1-3H2/t5-/m0/s1. The summed E-state index contributed by atoms with van der Waals surface area (Å²) in [6.07, 6.45) is 3.75. The van der Waals surface area contributed by atoms with Gasteiger partial charge in [0.1, 0.15) is 0 Å². The molecule has 10 heavy (non-hydrogen) atoms. The number of rotatable bonds is 1. The minimum Gasteiger partial charge on any atom is -0.338 e. The molecule has 1 aliphatic rings. The number of aromatic nitrogens is 2. The van der Waals surface area contributed by atoms with Crippen LogP contribution in [0.25, 0.3) is 0 Å². The first-order valence-electron chi connectivity index (χ1n) is 3.47. The van der Waals surface area contributed by atoms with Crippen LogP contribution >= 0.6 is 0 Å². The Hall–Kier alpha value is -0.900. The van der Waals surface area contributed by atoms with E-state index in [1.54, 1.807) is 0 Å². The maximum Gasteiger partial charge on any atom is 0.243 e. The van der Waals surface area contributed by atoms with Gasteiger partial charge in [0.2, 0.25) is 5.89 Å². The summed E-state index contributed by atoms with van der Waals surface area (Å²) < 4.78 is 4.89. The highest BCUT2D eigenvalue weighted by molar-refractivity contribution is 4.90. The van der Waals surface area contributed by atoms with Crippen LogP contribution in [0.4, 0.5) is 0 Å². The first kappa shape index (κ1) is 5.85. The molecular formula is C6H9N3O. The molecule has 1 fully saturated rings. The number of hydrogen-bond donors (Lipinski definition) is 1. The van der Waals surface area contributed by atoms with Crippen molar-refractivity contribution in [1.82, 2.24) is 15.5 Å². The van der Waals surface area contributed by atoms with Gasteiger partial charge >= 0.3 is 0 Å². The summed E-state index contributed by atoms with van der Waals surface area (Å²) >= 11 is 0. The first-order valence-corrected chi connectivity index (χ1v) is 3.47. The van der Waals surface area contributed by atoms with Gasteiger partial charge in [0.05, 0.1) is 6.04 Å². The molecule has 4 heteroatoms. The number of nitrogens with zero attached hydrogens (tertiary/aromatic N) is 2. The zero-order valence-electron chi connectivity index (χ0n) is 5.58. The van der Waals surface area contributed by atoms with E-state index < -0.39 is 0 Å². The third-order valence-corrected chi connectivity index (χ3v) is 1.74. The van der Waals surface area contributed by atoms with E-state index >= 15 is 0 Å². The molecule has 0 bridgehead atoms. The predicted molar refractivity (Wildman–Crippen MR) is 34.3 cm³/mol. The third-order valence-electron chi connectivity index (χ3n) is 1.74. The van der Waals surface area contributed by atoms with Crippen LogP contribution in [0.3, 0.4) is 0 Å². The zero-order valence-corrected chi connectivity index (χ0v) is 5.58. The molecule has 1 N–H and O–H groups in total. The lowest BCUT2D eigenvalue weighted by Crippen LogP contribution is -2.12. The van der Waals surface area contributed by atoms with Crippen molar-refractivity contribution in [2.45, 2.75) is 18.9 Å². The SMILES string of the molecule is c1noc([C@@H]2CCCN2)n1. The smallest absolute Gasteiger partial charge is 0.243 e. The van der Waals surface area contributed by atoms with Crippen LogP contribution in [0.1, 0.15) is 24.8 Å². The third kappa shape index (κ3) is 0.903. The molecule has 0 saturated carbocycles. The minimum absolute atomic E-state index is 0.308. The van der Waals surface area contributed by atoms with Crippen LogP contribution in [0.5, 0.6) is 0 Å². The molecule has 1 aliphatic heterocycles. The fourth-order valence-electron chi connectivity index (χ4n) is 1.23. The Kier molecular flexibility index (Phi) is 1.39. The molecule has 54 valence electrons. The summed E-state index contributed by atoms with van der Waals surface area (Å²) in [6, 6.07) is 0.308. The highest BCUT2D eigenvalue weighted by Gasteiger charge is 2.20. The monoisotopic (exact) mass is 139 g/mol. The van der Waals surface area contributed by atoms with Crippen LogP contribution in [0.2, 0.25) is 0 Å². The Morgan fingerprint density at radius 1 is 1.70 bits per heavy atom. The Bertz CT molecular complexity index is 191. The first-order chi connectivity index (χ1) is 4.97. The number of nitrogens with one attached hydrogen (secondary N) is 1. The highest BCUT2D eigenvalue weighted by atomic mass is 16.5. The number of hydrogen-bond acceptors (Lipinski definition) is 4. The zero-order chi connectivity index (χ0) is 6.81. The normalized spacial score (nSPS) is 25.4. The van der Waals surface area contributed by atoms with E-state index in [0.29, 0.717) is 6.04 Å². The molecule has 1 aromatic rings. The van der Waals surface area contributed by atoms with Gasteiger partial charge in [0.15, 0.2) is 6.33 Å². The van der Waals surface area contributed by atoms with Crippen molar-refractivity contribution in [2.24, 2.45) is 0 Å². The maximum absolute atomic E-state index is 4.89. The fraction of sp³-hybridized carbons (Fsp3) is 0.667. The average molecular weight is 139 g/mol. The van der Waals surface area contributed by atoms with Crippen molar-refractivity contribution in [1.29, 1.82) is 0 Å². The molecule has 4 nitrogen and oxygen atoms in total. The summed E-state index contributed by atoms with van der Waals surface area (Å²) in [5, 5.41) is 6.80. The van der Waals surface area contributed by atoms with E-state index in [0.717, 1.165) is 18.9 Å². The molecule has 1 atom stereocenters. The van der Waals surface area contributed by atoms with Gasteiger partial charge in [-0.1, -0.05) is 5.16 Å². The van der Waals surface area contributed by atoms with Gasteiger partial charge in [-0.2, -0.15) is 4.98 Å². The molecule has 1 aromatic heterocycles. The van der Waals surface area contributed by atoms with E-state index in [-0.39, 0.29) is 0 Å². The van der Waals surface area contributed by atoms with Gasteiger partial charge in [0.25, 0.3) is 0 Å². The second-order valence-electron chi connectivity index (χ2n) is 2.43. The van der Waals surface area contributed by atoms with Gasteiger partial charge in [-0.05, 0) is 19.4 Å². The fourth-order valence-corrected chi connectivity index (χ4v) is 1.23. The van der Waals surface area contributed by atoms with Crippen molar-refractivity contribution >= 4 is 0 Å². The summed E-state index contributed by atoms with van der Waals surface area (Å²) in [5.74, 6) is 0.720. The molecule has 0 unspecified atom stereocenters. The highest BCUT2D eigenvalue weighted by Crippen LogP contribution is 2.19. The van der Waals surface area contributed by atoms with E-state index in [1.807, 2.05) is 0 Å². The Morgan fingerprint density at radius 3 is 3.30 bits per heavy atom. The van der Waals surface area contributed by atoms with Crippen molar-refractivity contribution in [3.8, 4) is 0 Å². The van der Waals surface area contributed by atoms with Crippen LogP contribution < -0.4 is 5.32 Å².